The van der Waals surface area contributed by atoms with E-state index < -0.39 is 70.8 Å². The van der Waals surface area contributed by atoms with Crippen molar-refractivity contribution >= 4 is 28.0 Å². The molecular weight excluding hydrogens is 433 g/mol. The van der Waals surface area contributed by atoms with Crippen LogP contribution in [0, 0.1) is 0 Å². The summed E-state index contributed by atoms with van der Waals surface area (Å²) in [6, 6.07) is 0. The number of hydrogen-bond donors (Lipinski definition) is 0. The molecule has 0 aromatic heterocycles. The summed E-state index contributed by atoms with van der Waals surface area (Å²) in [6.45, 7) is 2.01. The molecule has 0 spiro atoms. The molecule has 0 aromatic rings. The van der Waals surface area contributed by atoms with Crippen molar-refractivity contribution in [2.75, 3.05) is 13.7 Å². The van der Waals surface area contributed by atoms with Gasteiger partial charge in [-0.1, -0.05) is 0 Å². The first-order valence-electron chi connectivity index (χ1n) is 7.85. The van der Waals surface area contributed by atoms with Crippen LogP contribution in [0.15, 0.2) is 0 Å². The van der Waals surface area contributed by atoms with E-state index >= 15 is 0 Å². The predicted molar refractivity (Wildman–Crippen MR) is 83.3 cm³/mol. The molecule has 11 nitrogen and oxygen atoms in total. The molecule has 15 heteroatoms. The lowest BCUT2D eigenvalue weighted by atomic mass is 9.98. The summed E-state index contributed by atoms with van der Waals surface area (Å²) in [6.07, 6.45) is -9.01. The standard InChI is InChI=1S/C14H19F3O11S/c1-6(18)24-5-9-10(28-29(21,22)14(15,16)17)11(25-7(2)19)12(26-8(3)20)13(23-4)27-9/h9-13H,5H2,1-4H3/t9-,10+,11+,12-,13+/m1/s1. The van der Waals surface area contributed by atoms with Crippen LogP contribution in [0.25, 0.3) is 0 Å². The van der Waals surface area contributed by atoms with E-state index in [1.54, 1.807) is 0 Å². The van der Waals surface area contributed by atoms with Crippen LogP contribution in [-0.4, -0.2) is 76.3 Å². The molecule has 1 heterocycles. The molecule has 0 amide bonds. The first kappa shape index (κ1) is 25.1. The van der Waals surface area contributed by atoms with Crippen molar-refractivity contribution < 1.29 is 63.8 Å². The van der Waals surface area contributed by atoms with Crippen molar-refractivity contribution in [3.8, 4) is 0 Å². The summed E-state index contributed by atoms with van der Waals surface area (Å²) in [5, 5.41) is 0. The van der Waals surface area contributed by atoms with Gasteiger partial charge in [0.05, 0.1) is 0 Å². The van der Waals surface area contributed by atoms with Gasteiger partial charge in [-0.15, -0.1) is 0 Å². The van der Waals surface area contributed by atoms with Gasteiger partial charge in [0.2, 0.25) is 0 Å². The third-order valence-corrected chi connectivity index (χ3v) is 4.44. The first-order valence-corrected chi connectivity index (χ1v) is 9.26. The highest BCUT2D eigenvalue weighted by Crippen LogP contribution is 2.34. The Balaban J connectivity index is 3.42. The van der Waals surface area contributed by atoms with Gasteiger partial charge in [0.1, 0.15) is 18.8 Å². The number of hydrogen-bond acceptors (Lipinski definition) is 11. The van der Waals surface area contributed by atoms with Crippen molar-refractivity contribution in [2.24, 2.45) is 0 Å². The van der Waals surface area contributed by atoms with Crippen molar-refractivity contribution in [1.82, 2.24) is 0 Å². The summed E-state index contributed by atoms with van der Waals surface area (Å²) in [7, 11) is -5.13. The second-order valence-corrected chi connectivity index (χ2v) is 7.25. The lowest BCUT2D eigenvalue weighted by molar-refractivity contribution is -0.297. The van der Waals surface area contributed by atoms with E-state index in [0.29, 0.717) is 0 Å². The summed E-state index contributed by atoms with van der Waals surface area (Å²) < 4.78 is 90.3. The van der Waals surface area contributed by atoms with Crippen LogP contribution in [-0.2, 0) is 52.4 Å². The number of rotatable bonds is 7. The molecule has 0 aromatic carbocycles. The Morgan fingerprint density at radius 2 is 1.45 bits per heavy atom. The molecule has 0 saturated carbocycles. The molecule has 0 radical (unpaired) electrons. The molecule has 5 atom stereocenters. The second-order valence-electron chi connectivity index (χ2n) is 5.69. The number of ether oxygens (including phenoxy) is 5. The van der Waals surface area contributed by atoms with E-state index in [-0.39, 0.29) is 0 Å². The SMILES string of the molecule is CO[C@H]1O[C@H](COC(C)=O)[C@H](OS(=O)(=O)C(F)(F)F)[C@H](OC(C)=O)[C@H]1OC(C)=O. The van der Waals surface area contributed by atoms with Gasteiger partial charge in [-0.05, 0) is 0 Å². The van der Waals surface area contributed by atoms with Gasteiger partial charge < -0.3 is 23.7 Å². The fourth-order valence-corrected chi connectivity index (χ4v) is 3.00. The zero-order valence-electron chi connectivity index (χ0n) is 15.6. The van der Waals surface area contributed by atoms with E-state index in [2.05, 4.69) is 8.92 Å². The van der Waals surface area contributed by atoms with Gasteiger partial charge in [0, 0.05) is 27.9 Å². The fourth-order valence-electron chi connectivity index (χ4n) is 2.36. The van der Waals surface area contributed by atoms with Crippen LogP contribution >= 0.6 is 0 Å². The van der Waals surface area contributed by atoms with Crippen LogP contribution in [0.4, 0.5) is 13.2 Å². The Bertz CT molecular complexity index is 721. The normalized spacial score (nSPS) is 27.8. The van der Waals surface area contributed by atoms with Crippen molar-refractivity contribution in [1.29, 1.82) is 0 Å². The molecule has 1 aliphatic rings. The van der Waals surface area contributed by atoms with Crippen LogP contribution in [0.2, 0.25) is 0 Å². The number of halogens is 3. The Hall–Kier alpha value is -1.97. The number of carbonyl (C=O) groups is 3. The minimum atomic E-state index is -6.21. The average molecular weight is 452 g/mol. The summed E-state index contributed by atoms with van der Waals surface area (Å²) in [5.74, 6) is -2.90. The van der Waals surface area contributed by atoms with Gasteiger partial charge >= 0.3 is 33.5 Å². The Kier molecular flexibility index (Phi) is 8.37. The maximum Gasteiger partial charge on any atom is 0.523 e. The number of methoxy groups -OCH3 is 1. The van der Waals surface area contributed by atoms with Crippen LogP contribution in [0.3, 0.4) is 0 Å². The molecule has 0 unspecified atom stereocenters. The van der Waals surface area contributed by atoms with E-state index in [1.165, 1.54) is 0 Å². The van der Waals surface area contributed by atoms with E-state index in [0.717, 1.165) is 27.9 Å². The molecule has 0 N–H and O–H groups in total. The summed E-state index contributed by atoms with van der Waals surface area (Å²) in [4.78, 5) is 33.9. The molecular formula is C14H19F3O11S. The lowest BCUT2D eigenvalue weighted by Crippen LogP contribution is -2.63. The minimum absolute atomic E-state index is 0.780. The molecule has 0 bridgehead atoms. The van der Waals surface area contributed by atoms with Gasteiger partial charge in [0.15, 0.2) is 18.5 Å². The second kappa shape index (κ2) is 9.69. The maximum absolute atomic E-state index is 12.8. The maximum atomic E-state index is 12.8. The number of esters is 3. The topological polar surface area (TPSA) is 141 Å². The zero-order chi connectivity index (χ0) is 22.6. The van der Waals surface area contributed by atoms with Crippen LogP contribution in [0.5, 0.6) is 0 Å². The molecule has 1 rings (SSSR count). The van der Waals surface area contributed by atoms with E-state index in [1.807, 2.05) is 0 Å². The van der Waals surface area contributed by atoms with Gasteiger partial charge in [-0.3, -0.25) is 18.6 Å². The molecule has 1 saturated heterocycles. The Morgan fingerprint density at radius 1 is 0.931 bits per heavy atom. The third-order valence-electron chi connectivity index (χ3n) is 3.40. The smallest absolute Gasteiger partial charge is 0.463 e. The fraction of sp³-hybridized carbons (Fsp3) is 0.786. The molecule has 0 aliphatic carbocycles. The Labute approximate surface area is 163 Å². The summed E-state index contributed by atoms with van der Waals surface area (Å²) >= 11 is 0. The number of carbonyl (C=O) groups excluding carboxylic acids is 3. The van der Waals surface area contributed by atoms with Crippen molar-refractivity contribution in [3.63, 3.8) is 0 Å². The first-order chi connectivity index (χ1) is 13.2. The monoisotopic (exact) mass is 452 g/mol. The largest absolute Gasteiger partial charge is 0.523 e. The van der Waals surface area contributed by atoms with Crippen molar-refractivity contribution in [3.05, 3.63) is 0 Å². The number of alkyl halides is 3. The zero-order valence-corrected chi connectivity index (χ0v) is 16.4. The van der Waals surface area contributed by atoms with Gasteiger partial charge in [-0.2, -0.15) is 21.6 Å². The quantitative estimate of drug-likeness (QED) is 0.223. The predicted octanol–water partition coefficient (Wildman–Crippen LogP) is 0.0190. The highest BCUT2D eigenvalue weighted by Gasteiger charge is 2.57. The van der Waals surface area contributed by atoms with Gasteiger partial charge in [-0.25, -0.2) is 0 Å². The average Bonchev–Trinajstić information content (AvgIpc) is 2.54. The minimum Gasteiger partial charge on any atom is -0.463 e. The molecule has 168 valence electrons. The van der Waals surface area contributed by atoms with E-state index in [4.69, 9.17) is 18.9 Å². The van der Waals surface area contributed by atoms with E-state index in [9.17, 15) is 36.0 Å². The van der Waals surface area contributed by atoms with Crippen LogP contribution < -0.4 is 0 Å². The lowest BCUT2D eigenvalue weighted by Gasteiger charge is -2.43. The third kappa shape index (κ3) is 6.80. The van der Waals surface area contributed by atoms with Crippen molar-refractivity contribution in [2.45, 2.75) is 57.0 Å². The van der Waals surface area contributed by atoms with Crippen LogP contribution in [0.1, 0.15) is 20.8 Å². The van der Waals surface area contributed by atoms with Gasteiger partial charge in [0.25, 0.3) is 0 Å². The molecule has 29 heavy (non-hydrogen) atoms. The Morgan fingerprint density at radius 3 is 1.86 bits per heavy atom. The highest BCUT2D eigenvalue weighted by molar-refractivity contribution is 7.87. The molecule has 1 fully saturated rings. The highest BCUT2D eigenvalue weighted by atomic mass is 32.2. The molecule has 1 aliphatic heterocycles. The summed E-state index contributed by atoms with van der Waals surface area (Å²) in [5.41, 5.74) is -5.82.